The maximum atomic E-state index is 11.3. The van der Waals surface area contributed by atoms with E-state index in [1.54, 1.807) is 11.8 Å². The van der Waals surface area contributed by atoms with Crippen molar-refractivity contribution < 1.29 is 13.3 Å². The fraction of sp³-hybridized carbons (Fsp3) is 0.143. The van der Waals surface area contributed by atoms with Crippen LogP contribution in [0.1, 0.15) is 5.56 Å². The monoisotopic (exact) mass is 353 g/mol. The molecule has 0 bridgehead atoms. The van der Waals surface area contributed by atoms with Gasteiger partial charge in [-0.15, -0.1) is 0 Å². The summed E-state index contributed by atoms with van der Waals surface area (Å²) >= 11 is 1.70. The van der Waals surface area contributed by atoms with Gasteiger partial charge in [-0.1, -0.05) is 12.1 Å². The van der Waals surface area contributed by atoms with Crippen LogP contribution in [-0.2, 0) is 15.8 Å². The van der Waals surface area contributed by atoms with E-state index in [0.29, 0.717) is 5.69 Å². The molecular formula is C14H15N3O4S2. The van der Waals surface area contributed by atoms with Crippen LogP contribution < -0.4 is 10.5 Å². The van der Waals surface area contributed by atoms with E-state index >= 15 is 0 Å². The maximum absolute atomic E-state index is 11.3. The molecule has 122 valence electrons. The summed E-state index contributed by atoms with van der Waals surface area (Å²) < 4.78 is 22.6. The number of primary sulfonamides is 1. The van der Waals surface area contributed by atoms with Gasteiger partial charge in [0.1, 0.15) is 5.69 Å². The van der Waals surface area contributed by atoms with Gasteiger partial charge in [-0.2, -0.15) is 11.8 Å². The standard InChI is InChI=1S/C14H15N3O4S2/c1-22-9-10-2-4-11(5-3-10)16-13-7-6-12(23(15,20)21)8-14(13)17(18)19/h2-8,16H,9H2,1H3,(H2,15,20,21). The number of benzene rings is 2. The predicted octanol–water partition coefficient (Wildman–Crippen LogP) is 2.85. The van der Waals surface area contributed by atoms with E-state index in [0.717, 1.165) is 17.4 Å². The van der Waals surface area contributed by atoms with Gasteiger partial charge in [-0.25, -0.2) is 13.6 Å². The second kappa shape index (κ2) is 6.99. The summed E-state index contributed by atoms with van der Waals surface area (Å²) in [6.07, 6.45) is 2.00. The zero-order valence-electron chi connectivity index (χ0n) is 12.2. The zero-order valence-corrected chi connectivity index (χ0v) is 13.9. The summed E-state index contributed by atoms with van der Waals surface area (Å²) in [7, 11) is -3.99. The van der Waals surface area contributed by atoms with Gasteiger partial charge >= 0.3 is 0 Å². The number of thioether (sulfide) groups is 1. The Balaban J connectivity index is 2.33. The van der Waals surface area contributed by atoms with Crippen LogP contribution in [0.4, 0.5) is 17.1 Å². The highest BCUT2D eigenvalue weighted by atomic mass is 32.2. The molecule has 0 fully saturated rings. The Morgan fingerprint density at radius 2 is 1.87 bits per heavy atom. The Bertz CT molecular complexity index is 820. The molecule has 23 heavy (non-hydrogen) atoms. The van der Waals surface area contributed by atoms with Gasteiger partial charge in [-0.3, -0.25) is 10.1 Å². The molecule has 0 aliphatic carbocycles. The Morgan fingerprint density at radius 3 is 2.39 bits per heavy atom. The molecule has 2 rings (SSSR count). The van der Waals surface area contributed by atoms with E-state index in [2.05, 4.69) is 5.32 Å². The maximum Gasteiger partial charge on any atom is 0.294 e. The average Bonchev–Trinajstić information content (AvgIpc) is 2.48. The van der Waals surface area contributed by atoms with Crippen LogP contribution in [0, 0.1) is 10.1 Å². The molecule has 0 amide bonds. The Kier molecular flexibility index (Phi) is 5.24. The lowest BCUT2D eigenvalue weighted by atomic mass is 10.2. The topological polar surface area (TPSA) is 115 Å². The normalized spacial score (nSPS) is 11.2. The fourth-order valence-corrected chi connectivity index (χ4v) is 3.01. The van der Waals surface area contributed by atoms with Crippen molar-refractivity contribution in [1.29, 1.82) is 0 Å². The highest BCUT2D eigenvalue weighted by Gasteiger charge is 2.19. The largest absolute Gasteiger partial charge is 0.350 e. The molecule has 2 aromatic carbocycles. The summed E-state index contributed by atoms with van der Waals surface area (Å²) in [6, 6.07) is 11.0. The molecule has 0 heterocycles. The van der Waals surface area contributed by atoms with Crippen LogP contribution in [-0.4, -0.2) is 19.6 Å². The molecule has 2 aromatic rings. The summed E-state index contributed by atoms with van der Waals surface area (Å²) in [6.45, 7) is 0. The molecule has 0 aliphatic heterocycles. The molecule has 3 N–H and O–H groups in total. The van der Waals surface area contributed by atoms with Crippen molar-refractivity contribution >= 4 is 38.8 Å². The summed E-state index contributed by atoms with van der Waals surface area (Å²) in [5, 5.41) is 19.1. The number of sulfonamides is 1. The second-order valence-corrected chi connectivity index (χ2v) is 7.16. The molecule has 7 nitrogen and oxygen atoms in total. The number of rotatable bonds is 6. The van der Waals surface area contributed by atoms with Gasteiger partial charge in [0.25, 0.3) is 5.69 Å². The molecule has 0 radical (unpaired) electrons. The van der Waals surface area contributed by atoms with Crippen LogP contribution in [0.5, 0.6) is 0 Å². The minimum Gasteiger partial charge on any atom is -0.350 e. The first-order chi connectivity index (χ1) is 10.8. The van der Waals surface area contributed by atoms with Crippen molar-refractivity contribution in [2.75, 3.05) is 11.6 Å². The van der Waals surface area contributed by atoms with Crippen molar-refractivity contribution in [3.63, 3.8) is 0 Å². The van der Waals surface area contributed by atoms with Gasteiger partial charge in [0.15, 0.2) is 0 Å². The highest BCUT2D eigenvalue weighted by molar-refractivity contribution is 7.97. The SMILES string of the molecule is CSCc1ccc(Nc2ccc(S(N)(=O)=O)cc2[N+](=O)[O-])cc1. The first-order valence-corrected chi connectivity index (χ1v) is 9.41. The fourth-order valence-electron chi connectivity index (χ4n) is 1.95. The quantitative estimate of drug-likeness (QED) is 0.609. The molecule has 0 aliphatic rings. The van der Waals surface area contributed by atoms with Crippen molar-refractivity contribution in [3.8, 4) is 0 Å². The molecular weight excluding hydrogens is 338 g/mol. The van der Waals surface area contributed by atoms with E-state index in [9.17, 15) is 18.5 Å². The third-order valence-electron chi connectivity index (χ3n) is 3.04. The van der Waals surface area contributed by atoms with Crippen molar-refractivity contribution in [2.45, 2.75) is 10.6 Å². The van der Waals surface area contributed by atoms with Crippen molar-refractivity contribution in [1.82, 2.24) is 0 Å². The lowest BCUT2D eigenvalue weighted by Crippen LogP contribution is -2.12. The van der Waals surface area contributed by atoms with Crippen LogP contribution in [0.15, 0.2) is 47.4 Å². The number of nitrogens with one attached hydrogen (secondary N) is 1. The Labute approximate surface area is 138 Å². The van der Waals surface area contributed by atoms with Crippen molar-refractivity contribution in [3.05, 3.63) is 58.1 Å². The predicted molar refractivity (Wildman–Crippen MR) is 91.4 cm³/mol. The van der Waals surface area contributed by atoms with Gasteiger partial charge in [0.05, 0.1) is 9.82 Å². The third-order valence-corrected chi connectivity index (χ3v) is 4.57. The Morgan fingerprint density at radius 1 is 1.22 bits per heavy atom. The van der Waals surface area contributed by atoms with Crippen LogP contribution in [0.3, 0.4) is 0 Å². The lowest BCUT2D eigenvalue weighted by molar-refractivity contribution is -0.384. The van der Waals surface area contributed by atoms with Gasteiger partial charge < -0.3 is 5.32 Å². The smallest absolute Gasteiger partial charge is 0.294 e. The average molecular weight is 353 g/mol. The number of nitro groups is 1. The van der Waals surface area contributed by atoms with E-state index in [-0.39, 0.29) is 16.3 Å². The van der Waals surface area contributed by atoms with E-state index in [4.69, 9.17) is 5.14 Å². The Hall–Kier alpha value is -2.10. The van der Waals surface area contributed by atoms with Crippen LogP contribution >= 0.6 is 11.8 Å². The molecule has 0 saturated heterocycles. The van der Waals surface area contributed by atoms with Crippen molar-refractivity contribution in [2.24, 2.45) is 5.14 Å². The number of hydrogen-bond acceptors (Lipinski definition) is 6. The number of hydrogen-bond donors (Lipinski definition) is 2. The van der Waals surface area contributed by atoms with E-state index < -0.39 is 14.9 Å². The summed E-state index contributed by atoms with van der Waals surface area (Å²) in [5.41, 5.74) is 1.65. The van der Waals surface area contributed by atoms with Gasteiger partial charge in [0, 0.05) is 17.5 Å². The van der Waals surface area contributed by atoms with Crippen LogP contribution in [0.2, 0.25) is 0 Å². The molecule has 0 spiro atoms. The molecule has 0 atom stereocenters. The number of nitrogens with zero attached hydrogens (tertiary/aromatic N) is 1. The third kappa shape index (κ3) is 4.44. The number of nitrogens with two attached hydrogens (primary N) is 1. The minimum absolute atomic E-state index is 0.194. The molecule has 0 unspecified atom stereocenters. The van der Waals surface area contributed by atoms with Gasteiger partial charge in [-0.05, 0) is 36.1 Å². The number of nitro benzene ring substituents is 1. The van der Waals surface area contributed by atoms with Crippen LogP contribution in [0.25, 0.3) is 0 Å². The first-order valence-electron chi connectivity index (χ1n) is 6.47. The minimum atomic E-state index is -3.99. The van der Waals surface area contributed by atoms with E-state index in [1.165, 1.54) is 12.1 Å². The molecule has 0 saturated carbocycles. The summed E-state index contributed by atoms with van der Waals surface area (Å²) in [4.78, 5) is 10.2. The molecule has 9 heteroatoms. The molecule has 0 aromatic heterocycles. The highest BCUT2D eigenvalue weighted by Crippen LogP contribution is 2.30. The zero-order chi connectivity index (χ0) is 17.0. The van der Waals surface area contributed by atoms with Gasteiger partial charge in [0.2, 0.25) is 10.0 Å². The lowest BCUT2D eigenvalue weighted by Gasteiger charge is -2.09. The number of anilines is 2. The summed E-state index contributed by atoms with van der Waals surface area (Å²) in [5.74, 6) is 0.878. The first kappa shape index (κ1) is 17.3. The second-order valence-electron chi connectivity index (χ2n) is 4.74. The van der Waals surface area contributed by atoms with E-state index in [1.807, 2.05) is 30.5 Å².